The first-order valence-electron chi connectivity index (χ1n) is 10.6. The molecule has 0 amide bonds. The molecule has 2 aliphatic heterocycles. The van der Waals surface area contributed by atoms with Crippen LogP contribution in [0.2, 0.25) is 25.7 Å². The van der Waals surface area contributed by atoms with Crippen molar-refractivity contribution in [1.29, 1.82) is 0 Å². The third kappa shape index (κ3) is 6.60. The van der Waals surface area contributed by atoms with Gasteiger partial charge in [0.15, 0.2) is 24.8 Å². The molecule has 2 aliphatic rings. The van der Waals surface area contributed by atoms with Crippen LogP contribution in [0.4, 0.5) is 0 Å². The second-order valence-corrected chi connectivity index (χ2v) is 14.7. The number of carbonyl (C=O) groups is 2. The van der Waals surface area contributed by atoms with Crippen molar-refractivity contribution in [3.05, 3.63) is 35.9 Å². The van der Waals surface area contributed by atoms with Crippen LogP contribution in [0.3, 0.4) is 0 Å². The maximum atomic E-state index is 11.9. The van der Waals surface area contributed by atoms with Crippen molar-refractivity contribution >= 4 is 20.0 Å². The van der Waals surface area contributed by atoms with Crippen molar-refractivity contribution < 1.29 is 38.0 Å². The molecule has 9 heteroatoms. The van der Waals surface area contributed by atoms with Gasteiger partial charge in [0.2, 0.25) is 0 Å². The average molecular weight is 453 g/mol. The van der Waals surface area contributed by atoms with E-state index in [1.54, 1.807) is 0 Å². The van der Waals surface area contributed by atoms with Gasteiger partial charge >= 0.3 is 11.9 Å². The monoisotopic (exact) mass is 452 g/mol. The molecule has 1 aromatic carbocycles. The molecule has 2 fully saturated rings. The normalized spacial score (nSPS) is 30.9. The van der Waals surface area contributed by atoms with Crippen molar-refractivity contribution in [2.75, 3.05) is 13.2 Å². The van der Waals surface area contributed by atoms with E-state index in [4.69, 9.17) is 28.4 Å². The van der Waals surface area contributed by atoms with E-state index in [-0.39, 0.29) is 6.61 Å². The summed E-state index contributed by atoms with van der Waals surface area (Å²) < 4.78 is 35.2. The Morgan fingerprint density at radius 2 is 1.65 bits per heavy atom. The maximum absolute atomic E-state index is 11.9. The fourth-order valence-corrected chi connectivity index (χ4v) is 4.31. The van der Waals surface area contributed by atoms with Crippen LogP contribution < -0.4 is 0 Å². The molecule has 0 spiro atoms. The Bertz CT molecular complexity index is 750. The predicted molar refractivity (Wildman–Crippen MR) is 114 cm³/mol. The Kier molecular flexibility index (Phi) is 7.87. The zero-order valence-corrected chi connectivity index (χ0v) is 19.7. The van der Waals surface area contributed by atoms with Crippen molar-refractivity contribution in [2.24, 2.45) is 0 Å². The minimum absolute atomic E-state index is 0.225. The lowest BCUT2D eigenvalue weighted by atomic mass is 9.97. The van der Waals surface area contributed by atoms with Crippen LogP contribution >= 0.6 is 0 Å². The fraction of sp³-hybridized carbons (Fsp3) is 0.636. The molecule has 31 heavy (non-hydrogen) atoms. The molecule has 3 rings (SSSR count). The van der Waals surface area contributed by atoms with E-state index in [1.165, 1.54) is 13.8 Å². The highest BCUT2D eigenvalue weighted by Gasteiger charge is 2.53. The van der Waals surface area contributed by atoms with Gasteiger partial charge in [0, 0.05) is 34.1 Å². The summed E-state index contributed by atoms with van der Waals surface area (Å²) in [6, 6.07) is 10.4. The Morgan fingerprint density at radius 3 is 2.26 bits per heavy atom. The van der Waals surface area contributed by atoms with Gasteiger partial charge in [-0.2, -0.15) is 0 Å². The summed E-state index contributed by atoms with van der Waals surface area (Å²) in [7, 11) is -1.34. The third-order valence-corrected chi connectivity index (χ3v) is 6.80. The lowest BCUT2D eigenvalue weighted by Gasteiger charge is -2.48. The summed E-state index contributed by atoms with van der Waals surface area (Å²) in [6.07, 6.45) is -4.57. The standard InChI is InChI=1S/C22H32O8Si/c1-14(23)27-19-18-17(13-26-21(30-18)16-9-7-6-8-10-16)29-22(20(19)28-15(2)24)25-11-12-31(3,4)5/h6-10,17-22H,11-13H2,1-5H3/t17-,18-,19+,20-,21?,22-/m1/s1. The molecule has 0 saturated carbocycles. The average Bonchev–Trinajstić information content (AvgIpc) is 2.69. The number of esters is 2. The molecule has 2 heterocycles. The van der Waals surface area contributed by atoms with Gasteiger partial charge in [-0.15, -0.1) is 0 Å². The zero-order chi connectivity index (χ0) is 22.6. The number of rotatable bonds is 7. The molecule has 0 radical (unpaired) electrons. The lowest BCUT2D eigenvalue weighted by Crippen LogP contribution is -2.64. The largest absolute Gasteiger partial charge is 0.455 e. The maximum Gasteiger partial charge on any atom is 0.303 e. The van der Waals surface area contributed by atoms with E-state index in [9.17, 15) is 9.59 Å². The van der Waals surface area contributed by atoms with Crippen molar-refractivity contribution in [3.63, 3.8) is 0 Å². The van der Waals surface area contributed by atoms with E-state index >= 15 is 0 Å². The molecule has 1 unspecified atom stereocenters. The van der Waals surface area contributed by atoms with Gasteiger partial charge in [-0.3, -0.25) is 9.59 Å². The summed E-state index contributed by atoms with van der Waals surface area (Å²) in [5.41, 5.74) is 0.833. The highest BCUT2D eigenvalue weighted by molar-refractivity contribution is 6.76. The Hall–Kier alpha value is -1.78. The Morgan fingerprint density at radius 1 is 1.00 bits per heavy atom. The highest BCUT2D eigenvalue weighted by atomic mass is 28.3. The van der Waals surface area contributed by atoms with E-state index in [0.717, 1.165) is 11.6 Å². The van der Waals surface area contributed by atoms with E-state index in [2.05, 4.69) is 19.6 Å². The van der Waals surface area contributed by atoms with E-state index < -0.39 is 57.0 Å². The molecule has 172 valence electrons. The predicted octanol–water partition coefficient (Wildman–Crippen LogP) is 3.04. The third-order valence-electron chi connectivity index (χ3n) is 5.09. The van der Waals surface area contributed by atoms with Crippen LogP contribution in [0.1, 0.15) is 25.7 Å². The molecule has 6 atom stereocenters. The van der Waals surface area contributed by atoms with Crippen LogP contribution in [0.15, 0.2) is 30.3 Å². The van der Waals surface area contributed by atoms with Gasteiger partial charge in [-0.25, -0.2) is 0 Å². The van der Waals surface area contributed by atoms with Crippen LogP contribution in [0.5, 0.6) is 0 Å². The zero-order valence-electron chi connectivity index (χ0n) is 18.7. The number of ether oxygens (including phenoxy) is 6. The molecule has 0 bridgehead atoms. The second-order valence-electron chi connectivity index (χ2n) is 9.05. The van der Waals surface area contributed by atoms with Gasteiger partial charge in [-0.1, -0.05) is 50.0 Å². The smallest absolute Gasteiger partial charge is 0.303 e. The van der Waals surface area contributed by atoms with Crippen LogP contribution in [-0.2, 0) is 38.0 Å². The topological polar surface area (TPSA) is 89.5 Å². The highest BCUT2D eigenvalue weighted by Crippen LogP contribution is 2.36. The number of carbonyl (C=O) groups excluding carboxylic acids is 2. The molecule has 2 saturated heterocycles. The van der Waals surface area contributed by atoms with Crippen LogP contribution in [0.25, 0.3) is 0 Å². The summed E-state index contributed by atoms with van der Waals surface area (Å²) >= 11 is 0. The molecular weight excluding hydrogens is 420 g/mol. The first-order valence-corrected chi connectivity index (χ1v) is 14.3. The number of hydrogen-bond acceptors (Lipinski definition) is 8. The lowest BCUT2D eigenvalue weighted by molar-refractivity contribution is -0.361. The minimum atomic E-state index is -1.34. The van der Waals surface area contributed by atoms with Crippen molar-refractivity contribution in [2.45, 2.75) is 76.5 Å². The van der Waals surface area contributed by atoms with Gasteiger partial charge in [0.25, 0.3) is 0 Å². The van der Waals surface area contributed by atoms with E-state index in [0.29, 0.717) is 6.61 Å². The van der Waals surface area contributed by atoms with Crippen molar-refractivity contribution in [1.82, 2.24) is 0 Å². The van der Waals surface area contributed by atoms with Gasteiger partial charge in [-0.05, 0) is 6.04 Å². The van der Waals surface area contributed by atoms with E-state index in [1.807, 2.05) is 30.3 Å². The summed E-state index contributed by atoms with van der Waals surface area (Å²) in [6.45, 7) is 10.0. The van der Waals surface area contributed by atoms with Gasteiger partial charge in [0.05, 0.1) is 6.61 Å². The minimum Gasteiger partial charge on any atom is -0.455 e. The van der Waals surface area contributed by atoms with Gasteiger partial charge < -0.3 is 28.4 Å². The summed E-state index contributed by atoms with van der Waals surface area (Å²) in [5.74, 6) is -1.02. The second kappa shape index (κ2) is 10.2. The first kappa shape index (κ1) is 23.9. The molecule has 1 aromatic rings. The summed E-state index contributed by atoms with van der Waals surface area (Å²) in [4.78, 5) is 23.7. The molecular formula is C22H32O8Si. The summed E-state index contributed by atoms with van der Waals surface area (Å²) in [5, 5.41) is 0. The molecule has 0 aliphatic carbocycles. The quantitative estimate of drug-likeness (QED) is 0.461. The van der Waals surface area contributed by atoms with Crippen molar-refractivity contribution in [3.8, 4) is 0 Å². The Balaban J connectivity index is 1.81. The number of hydrogen-bond donors (Lipinski definition) is 0. The molecule has 0 N–H and O–H groups in total. The van der Waals surface area contributed by atoms with Crippen LogP contribution in [0, 0.1) is 0 Å². The molecule has 8 nitrogen and oxygen atoms in total. The number of fused-ring (bicyclic) bond motifs is 1. The molecule has 0 aromatic heterocycles. The SMILES string of the molecule is CC(=O)O[C@@H]1[C@@H](OC(C)=O)[C@H](OCC[Si](C)(C)C)O[C@@H]2COC(c3ccccc3)O[C@@H]12. The Labute approximate surface area is 184 Å². The number of benzene rings is 1. The van der Waals surface area contributed by atoms with Gasteiger partial charge in [0.1, 0.15) is 12.2 Å². The fourth-order valence-electron chi connectivity index (χ4n) is 3.58. The van der Waals surface area contributed by atoms with Crippen LogP contribution in [-0.4, -0.2) is 63.9 Å². The first-order chi connectivity index (χ1) is 14.6.